The Morgan fingerprint density at radius 1 is 1.26 bits per heavy atom. The van der Waals surface area contributed by atoms with Gasteiger partial charge >= 0.3 is 6.09 Å². The van der Waals surface area contributed by atoms with E-state index in [1.807, 2.05) is 12.3 Å². The Morgan fingerprint density at radius 2 is 2.00 bits per heavy atom. The third kappa shape index (κ3) is 4.12. The Balaban J connectivity index is 1.43. The number of hydrogen-bond acceptors (Lipinski definition) is 5. The van der Waals surface area contributed by atoms with Crippen molar-refractivity contribution in [3.05, 3.63) is 24.5 Å². The smallest absolute Gasteiger partial charge is 0.407 e. The number of carboxylic acid groups (broad SMARTS) is 1. The van der Waals surface area contributed by atoms with Crippen molar-refractivity contribution in [3.63, 3.8) is 0 Å². The molecule has 0 aliphatic carbocycles. The molecule has 0 saturated carbocycles. The molecule has 0 atom stereocenters. The topological polar surface area (TPSA) is 78.3 Å². The summed E-state index contributed by atoms with van der Waals surface area (Å²) >= 11 is 0. The maximum absolute atomic E-state index is 10.9. The van der Waals surface area contributed by atoms with Gasteiger partial charge in [0.15, 0.2) is 0 Å². The largest absolute Gasteiger partial charge is 0.465 e. The number of aromatic nitrogens is 1. The van der Waals surface area contributed by atoms with Crippen molar-refractivity contribution in [1.82, 2.24) is 9.88 Å². The number of likely N-dealkylation sites (tertiary alicyclic amines) is 1. The van der Waals surface area contributed by atoms with Crippen LogP contribution in [0.5, 0.6) is 0 Å². The summed E-state index contributed by atoms with van der Waals surface area (Å²) in [5, 5.41) is 13.2. The van der Waals surface area contributed by atoms with E-state index in [0.717, 1.165) is 37.3 Å². The number of oxime groups is 1. The first kappa shape index (κ1) is 15.6. The molecular formula is C16H22N4O3. The molecule has 3 rings (SSSR count). The lowest BCUT2D eigenvalue weighted by Crippen LogP contribution is -2.40. The molecule has 0 unspecified atom stereocenters. The molecule has 1 aromatic heterocycles. The molecule has 0 spiro atoms. The second-order valence-corrected chi connectivity index (χ2v) is 5.93. The fourth-order valence-electron chi connectivity index (χ4n) is 2.96. The molecule has 7 heteroatoms. The number of rotatable bonds is 3. The van der Waals surface area contributed by atoms with E-state index in [4.69, 9.17) is 9.94 Å². The Bertz CT molecular complexity index is 546. The molecule has 23 heavy (non-hydrogen) atoms. The standard InChI is InChI=1S/C16H22N4O3/c21-16(22)20-10-5-15(6-11-20)23-18-13-3-8-19(9-4-13)14-2-1-7-17-12-14/h1-2,7,12,15H,3-6,8-11H2,(H,21,22). The zero-order valence-electron chi connectivity index (χ0n) is 13.1. The van der Waals surface area contributed by atoms with Gasteiger partial charge in [0.05, 0.1) is 17.6 Å². The van der Waals surface area contributed by atoms with E-state index in [-0.39, 0.29) is 6.10 Å². The van der Waals surface area contributed by atoms with Crippen LogP contribution in [0.1, 0.15) is 25.7 Å². The summed E-state index contributed by atoms with van der Waals surface area (Å²) in [7, 11) is 0. The maximum Gasteiger partial charge on any atom is 0.407 e. The minimum atomic E-state index is -0.850. The van der Waals surface area contributed by atoms with Crippen LogP contribution in [0.3, 0.4) is 0 Å². The summed E-state index contributed by atoms with van der Waals surface area (Å²) in [5.74, 6) is 0. The third-order valence-electron chi connectivity index (χ3n) is 4.40. The highest BCUT2D eigenvalue weighted by molar-refractivity contribution is 5.86. The van der Waals surface area contributed by atoms with Gasteiger partial charge in [-0.05, 0) is 12.1 Å². The fraction of sp³-hybridized carbons (Fsp3) is 0.562. The number of piperidine rings is 2. The Labute approximate surface area is 135 Å². The van der Waals surface area contributed by atoms with Crippen molar-refractivity contribution in [2.24, 2.45) is 5.16 Å². The highest BCUT2D eigenvalue weighted by atomic mass is 16.6. The zero-order chi connectivity index (χ0) is 16.1. The highest BCUT2D eigenvalue weighted by Crippen LogP contribution is 2.19. The zero-order valence-corrected chi connectivity index (χ0v) is 13.1. The van der Waals surface area contributed by atoms with E-state index in [1.54, 1.807) is 6.20 Å². The van der Waals surface area contributed by atoms with E-state index < -0.39 is 6.09 Å². The van der Waals surface area contributed by atoms with Gasteiger partial charge < -0.3 is 19.7 Å². The second-order valence-electron chi connectivity index (χ2n) is 5.93. The molecule has 0 bridgehead atoms. The lowest BCUT2D eigenvalue weighted by Gasteiger charge is -2.30. The number of pyridine rings is 1. The van der Waals surface area contributed by atoms with Crippen LogP contribution in [-0.2, 0) is 4.84 Å². The van der Waals surface area contributed by atoms with Crippen molar-refractivity contribution < 1.29 is 14.7 Å². The van der Waals surface area contributed by atoms with Crippen LogP contribution in [0.2, 0.25) is 0 Å². The van der Waals surface area contributed by atoms with Crippen LogP contribution >= 0.6 is 0 Å². The summed E-state index contributed by atoms with van der Waals surface area (Å²) in [6, 6.07) is 4.02. The summed E-state index contributed by atoms with van der Waals surface area (Å²) < 4.78 is 0. The molecule has 0 aromatic carbocycles. The van der Waals surface area contributed by atoms with Gasteiger partial charge in [0, 0.05) is 58.1 Å². The van der Waals surface area contributed by atoms with Crippen molar-refractivity contribution >= 4 is 17.5 Å². The van der Waals surface area contributed by atoms with Crippen molar-refractivity contribution in [2.45, 2.75) is 31.8 Å². The Hall–Kier alpha value is -2.31. The molecule has 1 aromatic rings. The summed E-state index contributed by atoms with van der Waals surface area (Å²) in [6.45, 7) is 2.90. The average molecular weight is 318 g/mol. The summed E-state index contributed by atoms with van der Waals surface area (Å²) in [5.41, 5.74) is 2.24. The molecule has 1 amide bonds. The molecule has 7 nitrogen and oxygen atoms in total. The van der Waals surface area contributed by atoms with Crippen molar-refractivity contribution in [2.75, 3.05) is 31.1 Å². The van der Waals surface area contributed by atoms with Crippen LogP contribution < -0.4 is 4.90 Å². The predicted molar refractivity (Wildman–Crippen MR) is 86.8 cm³/mol. The molecule has 2 fully saturated rings. The van der Waals surface area contributed by atoms with Gasteiger partial charge in [-0.15, -0.1) is 0 Å². The van der Waals surface area contributed by atoms with Gasteiger partial charge in [-0.1, -0.05) is 5.16 Å². The van der Waals surface area contributed by atoms with Crippen LogP contribution in [0.4, 0.5) is 10.5 Å². The minimum absolute atomic E-state index is 0.0365. The van der Waals surface area contributed by atoms with Crippen molar-refractivity contribution in [3.8, 4) is 0 Å². The van der Waals surface area contributed by atoms with Gasteiger partial charge in [0.2, 0.25) is 0 Å². The van der Waals surface area contributed by atoms with Gasteiger partial charge in [-0.3, -0.25) is 4.98 Å². The number of anilines is 1. The first-order valence-corrected chi connectivity index (χ1v) is 8.07. The molecule has 3 heterocycles. The quantitative estimate of drug-likeness (QED) is 0.864. The SMILES string of the molecule is O=C(O)N1CCC(ON=C2CCN(c3cccnc3)CC2)CC1. The maximum atomic E-state index is 10.9. The predicted octanol–water partition coefficient (Wildman–Crippen LogP) is 2.20. The van der Waals surface area contributed by atoms with E-state index in [9.17, 15) is 4.79 Å². The molecule has 2 saturated heterocycles. The molecule has 124 valence electrons. The normalized spacial score (nSPS) is 19.6. The Morgan fingerprint density at radius 3 is 2.61 bits per heavy atom. The minimum Gasteiger partial charge on any atom is -0.465 e. The van der Waals surface area contributed by atoms with E-state index in [0.29, 0.717) is 25.9 Å². The number of nitrogens with zero attached hydrogens (tertiary/aromatic N) is 4. The van der Waals surface area contributed by atoms with Gasteiger partial charge in [0.1, 0.15) is 6.10 Å². The molecule has 0 radical (unpaired) electrons. The second kappa shape index (κ2) is 7.30. The fourth-order valence-corrected chi connectivity index (χ4v) is 2.96. The number of carbonyl (C=O) groups is 1. The van der Waals surface area contributed by atoms with E-state index in [1.165, 1.54) is 4.90 Å². The average Bonchev–Trinajstić information content (AvgIpc) is 2.61. The summed E-state index contributed by atoms with van der Waals surface area (Å²) in [6.07, 6.45) is 6.06. The molecule has 2 aliphatic rings. The van der Waals surface area contributed by atoms with Crippen LogP contribution in [0, 0.1) is 0 Å². The summed E-state index contributed by atoms with van der Waals surface area (Å²) in [4.78, 5) is 24.4. The Kier molecular flexibility index (Phi) is 4.95. The third-order valence-corrected chi connectivity index (χ3v) is 4.40. The first-order chi connectivity index (χ1) is 11.2. The number of amides is 1. The molecule has 1 N–H and O–H groups in total. The number of hydrogen-bond donors (Lipinski definition) is 1. The van der Waals surface area contributed by atoms with Crippen molar-refractivity contribution in [1.29, 1.82) is 0 Å². The van der Waals surface area contributed by atoms with Gasteiger partial charge in [-0.2, -0.15) is 0 Å². The van der Waals surface area contributed by atoms with Crippen LogP contribution in [0.25, 0.3) is 0 Å². The van der Waals surface area contributed by atoms with E-state index >= 15 is 0 Å². The highest BCUT2D eigenvalue weighted by Gasteiger charge is 2.24. The monoisotopic (exact) mass is 318 g/mol. The first-order valence-electron chi connectivity index (χ1n) is 8.07. The molecular weight excluding hydrogens is 296 g/mol. The lowest BCUT2D eigenvalue weighted by atomic mass is 10.1. The molecule has 2 aliphatic heterocycles. The van der Waals surface area contributed by atoms with Gasteiger partial charge in [0.25, 0.3) is 0 Å². The van der Waals surface area contributed by atoms with E-state index in [2.05, 4.69) is 21.1 Å². The van der Waals surface area contributed by atoms with Crippen LogP contribution in [0.15, 0.2) is 29.7 Å². The van der Waals surface area contributed by atoms with Crippen LogP contribution in [-0.4, -0.2) is 59.1 Å². The van der Waals surface area contributed by atoms with Gasteiger partial charge in [-0.25, -0.2) is 4.79 Å². The lowest BCUT2D eigenvalue weighted by molar-refractivity contribution is 0.0127.